The molecule has 7 nitrogen and oxygen atoms in total. The Labute approximate surface area is 153 Å². The number of nitrogens with zero attached hydrogens (tertiary/aromatic N) is 2. The van der Waals surface area contributed by atoms with Crippen molar-refractivity contribution in [1.82, 2.24) is 14.5 Å². The summed E-state index contributed by atoms with van der Waals surface area (Å²) >= 11 is 7.09. The van der Waals surface area contributed by atoms with Gasteiger partial charge in [0.1, 0.15) is 12.6 Å². The van der Waals surface area contributed by atoms with Gasteiger partial charge < -0.3 is 5.32 Å². The fourth-order valence-electron chi connectivity index (χ4n) is 2.87. The van der Waals surface area contributed by atoms with Crippen LogP contribution in [0, 0.1) is 0 Å². The van der Waals surface area contributed by atoms with Gasteiger partial charge >= 0.3 is 6.03 Å². The van der Waals surface area contributed by atoms with E-state index in [2.05, 4.69) is 10.0 Å². The van der Waals surface area contributed by atoms with Crippen LogP contribution in [0.15, 0.2) is 35.4 Å². The van der Waals surface area contributed by atoms with Gasteiger partial charge in [-0.15, -0.1) is 0 Å². The second kappa shape index (κ2) is 6.36. The van der Waals surface area contributed by atoms with Crippen LogP contribution >= 0.6 is 23.5 Å². The first-order chi connectivity index (χ1) is 12.0. The lowest BCUT2D eigenvalue weighted by molar-refractivity contribution is -0.132. The molecule has 2 heterocycles. The highest BCUT2D eigenvalue weighted by atomic mass is 35.5. The Morgan fingerprint density at radius 1 is 1.28 bits per heavy atom. The van der Waals surface area contributed by atoms with Crippen molar-refractivity contribution in [3.05, 3.63) is 40.4 Å². The molecule has 1 aliphatic carbocycles. The topological polar surface area (TPSA) is 81.8 Å². The standard InChI is InChI=1S/C16H15ClN4O3S/c17-9-1-3-10(4-2-9)18-13(22)7-20-12-8-25-19-14(12)15(23)21(16(20)24)11-5-6-11/h1-4,8,11,14,19H,5-7H2,(H,18,22). The minimum absolute atomic E-state index is 0.0456. The van der Waals surface area contributed by atoms with Crippen molar-refractivity contribution in [3.63, 3.8) is 0 Å². The summed E-state index contributed by atoms with van der Waals surface area (Å²) in [6, 6.07) is 5.67. The molecule has 4 rings (SSSR count). The number of nitrogens with one attached hydrogen (secondary N) is 2. The number of amides is 4. The Balaban J connectivity index is 1.51. The van der Waals surface area contributed by atoms with Crippen LogP contribution in [0.2, 0.25) is 5.02 Å². The van der Waals surface area contributed by atoms with Crippen LogP contribution in [0.1, 0.15) is 12.8 Å². The summed E-state index contributed by atoms with van der Waals surface area (Å²) in [7, 11) is 0. The summed E-state index contributed by atoms with van der Waals surface area (Å²) in [6.45, 7) is -0.150. The van der Waals surface area contributed by atoms with Gasteiger partial charge in [-0.25, -0.2) is 9.52 Å². The maximum absolute atomic E-state index is 12.7. The minimum Gasteiger partial charge on any atom is -0.325 e. The van der Waals surface area contributed by atoms with Crippen LogP contribution in [0.25, 0.3) is 0 Å². The van der Waals surface area contributed by atoms with E-state index < -0.39 is 12.1 Å². The molecule has 1 saturated heterocycles. The first kappa shape index (κ1) is 16.4. The Bertz CT molecular complexity index is 778. The summed E-state index contributed by atoms with van der Waals surface area (Å²) in [5, 5.41) is 5.02. The maximum atomic E-state index is 12.7. The van der Waals surface area contributed by atoms with E-state index in [9.17, 15) is 14.4 Å². The second-order valence-corrected chi connectivity index (χ2v) is 7.22. The predicted molar refractivity (Wildman–Crippen MR) is 94.6 cm³/mol. The highest BCUT2D eigenvalue weighted by Gasteiger charge is 2.50. The largest absolute Gasteiger partial charge is 0.331 e. The molecule has 0 radical (unpaired) electrons. The van der Waals surface area contributed by atoms with Gasteiger partial charge in [0, 0.05) is 22.2 Å². The molecule has 0 aromatic heterocycles. The molecule has 130 valence electrons. The number of carbonyl (C=O) groups is 3. The van der Waals surface area contributed by atoms with Gasteiger partial charge in [-0.2, -0.15) is 0 Å². The quantitative estimate of drug-likeness (QED) is 0.785. The van der Waals surface area contributed by atoms with Gasteiger partial charge in [0.05, 0.1) is 5.70 Å². The third kappa shape index (κ3) is 3.12. The summed E-state index contributed by atoms with van der Waals surface area (Å²) < 4.78 is 2.99. The van der Waals surface area contributed by atoms with E-state index in [1.54, 1.807) is 29.7 Å². The Morgan fingerprint density at radius 3 is 2.68 bits per heavy atom. The monoisotopic (exact) mass is 378 g/mol. The fraction of sp³-hybridized carbons (Fsp3) is 0.312. The van der Waals surface area contributed by atoms with Crippen molar-refractivity contribution < 1.29 is 14.4 Å². The zero-order valence-electron chi connectivity index (χ0n) is 13.1. The van der Waals surface area contributed by atoms with Crippen molar-refractivity contribution >= 4 is 47.1 Å². The predicted octanol–water partition coefficient (Wildman–Crippen LogP) is 2.17. The zero-order chi connectivity index (χ0) is 17.6. The minimum atomic E-state index is -0.577. The van der Waals surface area contributed by atoms with Gasteiger partial charge in [0.15, 0.2) is 0 Å². The van der Waals surface area contributed by atoms with Gasteiger partial charge in [-0.3, -0.25) is 19.4 Å². The molecule has 9 heteroatoms. The van der Waals surface area contributed by atoms with Gasteiger partial charge in [-0.1, -0.05) is 23.5 Å². The number of hydrogen-bond donors (Lipinski definition) is 2. The highest BCUT2D eigenvalue weighted by molar-refractivity contribution is 8.00. The first-order valence-electron chi connectivity index (χ1n) is 7.86. The Hall–Kier alpha value is -2.03. The van der Waals surface area contributed by atoms with Crippen LogP contribution in [0.5, 0.6) is 0 Å². The third-order valence-corrected chi connectivity index (χ3v) is 5.22. The number of hydrogen-bond acceptors (Lipinski definition) is 5. The number of carbonyl (C=O) groups excluding carboxylic acids is 3. The average molecular weight is 379 g/mol. The first-order valence-corrected chi connectivity index (χ1v) is 9.11. The number of rotatable bonds is 4. The molecule has 2 aliphatic heterocycles. The molecule has 2 fully saturated rings. The van der Waals surface area contributed by atoms with E-state index in [0.717, 1.165) is 12.8 Å². The summed E-state index contributed by atoms with van der Waals surface area (Å²) in [5.74, 6) is -0.574. The number of fused-ring (bicyclic) bond motifs is 1. The van der Waals surface area contributed by atoms with E-state index in [4.69, 9.17) is 11.6 Å². The van der Waals surface area contributed by atoms with Crippen LogP contribution in [0.4, 0.5) is 10.5 Å². The van der Waals surface area contributed by atoms with Gasteiger partial charge in [0.25, 0.3) is 5.91 Å². The van der Waals surface area contributed by atoms with Crippen LogP contribution in [0.3, 0.4) is 0 Å². The highest BCUT2D eigenvalue weighted by Crippen LogP contribution is 2.36. The maximum Gasteiger partial charge on any atom is 0.331 e. The Morgan fingerprint density at radius 2 is 2.00 bits per heavy atom. The number of anilines is 1. The molecule has 0 bridgehead atoms. The number of imide groups is 1. The van der Waals surface area contributed by atoms with Crippen molar-refractivity contribution in [1.29, 1.82) is 0 Å². The molecule has 3 aliphatic rings. The lowest BCUT2D eigenvalue weighted by Gasteiger charge is -2.38. The van der Waals surface area contributed by atoms with Crippen molar-refractivity contribution in [3.8, 4) is 0 Å². The Kier molecular flexibility index (Phi) is 4.18. The number of urea groups is 1. The summed E-state index contributed by atoms with van der Waals surface area (Å²) in [4.78, 5) is 40.3. The van der Waals surface area contributed by atoms with E-state index in [1.165, 1.54) is 21.7 Å². The van der Waals surface area contributed by atoms with E-state index in [-0.39, 0.29) is 24.4 Å². The molecule has 1 aromatic carbocycles. The lowest BCUT2D eigenvalue weighted by Crippen LogP contribution is -2.60. The number of benzene rings is 1. The average Bonchev–Trinajstić information content (AvgIpc) is 3.29. The molecule has 4 amide bonds. The van der Waals surface area contributed by atoms with Gasteiger partial charge in [0.2, 0.25) is 5.91 Å². The molecule has 1 saturated carbocycles. The third-order valence-electron chi connectivity index (χ3n) is 4.24. The SMILES string of the molecule is O=C(CN1C(=O)N(C2CC2)C(=O)C2NSC=C21)Nc1ccc(Cl)cc1. The zero-order valence-corrected chi connectivity index (χ0v) is 14.6. The van der Waals surface area contributed by atoms with Crippen LogP contribution in [-0.2, 0) is 9.59 Å². The van der Waals surface area contributed by atoms with Crippen molar-refractivity contribution in [2.75, 3.05) is 11.9 Å². The lowest BCUT2D eigenvalue weighted by atomic mass is 10.1. The summed E-state index contributed by atoms with van der Waals surface area (Å²) in [6.07, 6.45) is 1.64. The fourth-order valence-corrected chi connectivity index (χ4v) is 3.80. The van der Waals surface area contributed by atoms with Crippen molar-refractivity contribution in [2.45, 2.75) is 24.9 Å². The molecule has 1 unspecified atom stereocenters. The smallest absolute Gasteiger partial charge is 0.325 e. The number of halogens is 1. The van der Waals surface area contributed by atoms with Crippen molar-refractivity contribution in [2.24, 2.45) is 0 Å². The normalized spacial score (nSPS) is 22.8. The van der Waals surface area contributed by atoms with Crippen LogP contribution in [-0.4, -0.2) is 46.3 Å². The van der Waals surface area contributed by atoms with E-state index in [1.807, 2.05) is 0 Å². The van der Waals surface area contributed by atoms with E-state index >= 15 is 0 Å². The molecule has 25 heavy (non-hydrogen) atoms. The molecule has 1 aromatic rings. The second-order valence-electron chi connectivity index (χ2n) is 6.07. The van der Waals surface area contributed by atoms with Gasteiger partial charge in [-0.05, 0) is 37.1 Å². The molecule has 0 spiro atoms. The summed E-state index contributed by atoms with van der Waals surface area (Å²) in [5.41, 5.74) is 1.13. The molecular formula is C16H15ClN4O3S. The molecular weight excluding hydrogens is 364 g/mol. The van der Waals surface area contributed by atoms with Crippen LogP contribution < -0.4 is 10.0 Å². The molecule has 1 atom stereocenters. The van der Waals surface area contributed by atoms with E-state index in [0.29, 0.717) is 16.4 Å². The molecule has 2 N–H and O–H groups in total.